The van der Waals surface area contributed by atoms with Crippen molar-refractivity contribution in [1.29, 1.82) is 0 Å². The van der Waals surface area contributed by atoms with Crippen LogP contribution in [-0.4, -0.2) is 59.9 Å². The lowest BCUT2D eigenvalue weighted by atomic mass is 9.99. The number of ether oxygens (including phenoxy) is 1. The number of nitrogens with zero attached hydrogens (tertiary/aromatic N) is 2. The molecule has 32 heavy (non-hydrogen) atoms. The fraction of sp³-hybridized carbons (Fsp3) is 0.417. The van der Waals surface area contributed by atoms with Crippen LogP contribution in [0.3, 0.4) is 0 Å². The van der Waals surface area contributed by atoms with Gasteiger partial charge in [0.1, 0.15) is 29.1 Å². The summed E-state index contributed by atoms with van der Waals surface area (Å²) in [7, 11) is 1.49. The average Bonchev–Trinajstić information content (AvgIpc) is 3.32. The maximum atomic E-state index is 13.0. The molecule has 7 nitrogen and oxygen atoms in total. The molecule has 1 fully saturated rings. The van der Waals surface area contributed by atoms with Crippen LogP contribution in [0, 0.1) is 6.92 Å². The number of Topliss-reactive ketones (excluding diaryl/α,β-unsaturated/α-hetero) is 1. The predicted octanol–water partition coefficient (Wildman–Crippen LogP) is 4.40. The number of carbonyl (C=O) groups is 2. The Morgan fingerprint density at radius 2 is 1.94 bits per heavy atom. The van der Waals surface area contributed by atoms with E-state index in [0.717, 1.165) is 19.6 Å². The highest BCUT2D eigenvalue weighted by Gasteiger charge is 2.47. The first kappa shape index (κ1) is 23.9. The summed E-state index contributed by atoms with van der Waals surface area (Å²) < 4.78 is 11.0. The Hall–Kier alpha value is -2.77. The normalized spacial score (nSPS) is 18.1. The van der Waals surface area contributed by atoms with Gasteiger partial charge < -0.3 is 24.1 Å². The van der Waals surface area contributed by atoms with Gasteiger partial charge in [-0.15, -0.1) is 0 Å². The number of amides is 1. The fourth-order valence-electron chi connectivity index (χ4n) is 3.98. The summed E-state index contributed by atoms with van der Waals surface area (Å²) in [5, 5.41) is 11.4. The van der Waals surface area contributed by atoms with Gasteiger partial charge >= 0.3 is 0 Å². The number of ketones is 1. The Labute approximate surface area is 193 Å². The maximum absolute atomic E-state index is 13.0. The number of hydrogen-bond acceptors (Lipinski definition) is 6. The molecule has 0 saturated carbocycles. The van der Waals surface area contributed by atoms with E-state index < -0.39 is 17.7 Å². The second-order valence-electron chi connectivity index (χ2n) is 7.67. The summed E-state index contributed by atoms with van der Waals surface area (Å²) in [6.07, 6.45) is 0.694. The number of aliphatic hydroxyl groups is 1. The number of likely N-dealkylation sites (tertiary alicyclic amines) is 1. The first-order valence-corrected chi connectivity index (χ1v) is 11.1. The molecule has 8 heteroatoms. The number of methoxy groups -OCH3 is 1. The number of furan rings is 1. The summed E-state index contributed by atoms with van der Waals surface area (Å²) in [4.78, 5) is 29.7. The van der Waals surface area contributed by atoms with Crippen LogP contribution in [0.4, 0.5) is 0 Å². The van der Waals surface area contributed by atoms with Crippen LogP contribution in [-0.2, 0) is 9.59 Å². The predicted molar refractivity (Wildman–Crippen MR) is 123 cm³/mol. The maximum Gasteiger partial charge on any atom is 0.295 e. The summed E-state index contributed by atoms with van der Waals surface area (Å²) >= 11 is 6.21. The summed E-state index contributed by atoms with van der Waals surface area (Å²) in [5.74, 6) is -0.149. The minimum atomic E-state index is -0.804. The van der Waals surface area contributed by atoms with Gasteiger partial charge in [0.25, 0.3) is 11.7 Å². The monoisotopic (exact) mass is 460 g/mol. The van der Waals surface area contributed by atoms with Crippen molar-refractivity contribution in [2.75, 3.05) is 33.3 Å². The van der Waals surface area contributed by atoms with Gasteiger partial charge in [-0.05, 0) is 63.3 Å². The molecule has 0 aliphatic carbocycles. The lowest BCUT2D eigenvalue weighted by molar-refractivity contribution is -0.140. The third kappa shape index (κ3) is 4.69. The molecule has 1 aliphatic heterocycles. The van der Waals surface area contributed by atoms with Gasteiger partial charge in [0.15, 0.2) is 0 Å². The van der Waals surface area contributed by atoms with Crippen molar-refractivity contribution >= 4 is 29.1 Å². The van der Waals surface area contributed by atoms with Crippen LogP contribution in [0.2, 0.25) is 5.02 Å². The van der Waals surface area contributed by atoms with Crippen molar-refractivity contribution < 1.29 is 23.8 Å². The van der Waals surface area contributed by atoms with E-state index in [1.807, 2.05) is 0 Å². The van der Waals surface area contributed by atoms with Crippen molar-refractivity contribution in [3.63, 3.8) is 0 Å². The van der Waals surface area contributed by atoms with E-state index in [-0.39, 0.29) is 16.4 Å². The molecule has 0 spiro atoms. The first-order chi connectivity index (χ1) is 15.3. The zero-order valence-electron chi connectivity index (χ0n) is 18.9. The van der Waals surface area contributed by atoms with Crippen molar-refractivity contribution in [1.82, 2.24) is 9.80 Å². The van der Waals surface area contributed by atoms with E-state index in [1.54, 1.807) is 31.2 Å². The van der Waals surface area contributed by atoms with Crippen LogP contribution in [0.25, 0.3) is 5.76 Å². The Bertz CT molecular complexity index is 1030. The Morgan fingerprint density at radius 1 is 1.22 bits per heavy atom. The van der Waals surface area contributed by atoms with Crippen LogP contribution in [0.5, 0.6) is 5.75 Å². The van der Waals surface area contributed by atoms with Gasteiger partial charge in [-0.3, -0.25) is 9.59 Å². The average molecular weight is 461 g/mol. The van der Waals surface area contributed by atoms with Crippen molar-refractivity contribution in [2.45, 2.75) is 33.2 Å². The molecule has 1 amide bonds. The van der Waals surface area contributed by atoms with Gasteiger partial charge in [0.2, 0.25) is 0 Å². The number of aryl methyl sites for hydroxylation is 1. The topological polar surface area (TPSA) is 83.2 Å². The molecular formula is C24H29ClN2O5. The number of rotatable bonds is 9. The zero-order chi connectivity index (χ0) is 23.4. The van der Waals surface area contributed by atoms with Crippen LogP contribution in [0.15, 0.2) is 40.3 Å². The van der Waals surface area contributed by atoms with Gasteiger partial charge in [0.05, 0.1) is 17.7 Å². The van der Waals surface area contributed by atoms with E-state index in [1.165, 1.54) is 18.1 Å². The zero-order valence-corrected chi connectivity index (χ0v) is 19.6. The lowest BCUT2D eigenvalue weighted by Crippen LogP contribution is -2.33. The molecule has 1 aromatic heterocycles. The Morgan fingerprint density at radius 3 is 2.50 bits per heavy atom. The number of benzene rings is 1. The molecule has 2 heterocycles. The highest BCUT2D eigenvalue weighted by atomic mass is 35.5. The van der Waals surface area contributed by atoms with E-state index in [4.69, 9.17) is 20.8 Å². The summed E-state index contributed by atoms with van der Waals surface area (Å²) in [6, 6.07) is 7.41. The molecule has 3 rings (SSSR count). The van der Waals surface area contributed by atoms with E-state index in [2.05, 4.69) is 18.7 Å². The van der Waals surface area contributed by atoms with Crippen LogP contribution < -0.4 is 4.74 Å². The minimum absolute atomic E-state index is 0.00609. The fourth-order valence-corrected chi connectivity index (χ4v) is 4.24. The minimum Gasteiger partial charge on any atom is -0.507 e. The number of hydrogen-bond donors (Lipinski definition) is 1. The molecule has 1 saturated heterocycles. The molecule has 2 aromatic rings. The SMILES string of the molecule is CCN(CC)CCCN1C(=O)C(=O)C(=C(O)c2ccc(OC)c(Cl)c2)[C@@H]1c1ccc(C)o1. The summed E-state index contributed by atoms with van der Waals surface area (Å²) in [6.45, 7) is 8.95. The molecule has 0 unspecified atom stereocenters. The van der Waals surface area contributed by atoms with E-state index >= 15 is 0 Å². The molecule has 1 aromatic carbocycles. The molecular weight excluding hydrogens is 432 g/mol. The Balaban J connectivity index is 2.02. The lowest BCUT2D eigenvalue weighted by Gasteiger charge is -2.25. The van der Waals surface area contributed by atoms with Crippen molar-refractivity contribution in [2.24, 2.45) is 0 Å². The van der Waals surface area contributed by atoms with Crippen LogP contribution >= 0.6 is 11.6 Å². The van der Waals surface area contributed by atoms with Crippen molar-refractivity contribution in [3.8, 4) is 5.75 Å². The smallest absolute Gasteiger partial charge is 0.295 e. The Kier molecular flexibility index (Phi) is 7.64. The second-order valence-corrected chi connectivity index (χ2v) is 8.08. The highest BCUT2D eigenvalue weighted by molar-refractivity contribution is 6.46. The molecule has 1 aliphatic rings. The molecule has 0 radical (unpaired) electrons. The standard InChI is InChI=1S/C24H29ClN2O5/c1-5-26(6-2)12-7-13-27-21(19-10-8-15(3)32-19)20(23(29)24(27)30)22(28)16-9-11-18(31-4)17(25)14-16/h8-11,14,21,28H,5-7,12-13H2,1-4H3/t21-/m0/s1. The number of carbonyl (C=O) groups excluding carboxylic acids is 2. The van der Waals surface area contributed by atoms with Gasteiger partial charge in [-0.25, -0.2) is 0 Å². The number of aliphatic hydroxyl groups excluding tert-OH is 1. The molecule has 1 N–H and O–H groups in total. The quantitative estimate of drug-likeness (QED) is 0.339. The molecule has 1 atom stereocenters. The largest absolute Gasteiger partial charge is 0.507 e. The van der Waals surface area contributed by atoms with Crippen molar-refractivity contribution in [3.05, 3.63) is 58.0 Å². The third-order valence-electron chi connectivity index (χ3n) is 5.76. The highest BCUT2D eigenvalue weighted by Crippen LogP contribution is 2.40. The molecule has 0 bridgehead atoms. The van der Waals surface area contributed by atoms with E-state index in [0.29, 0.717) is 35.8 Å². The van der Waals surface area contributed by atoms with Gasteiger partial charge in [0, 0.05) is 12.1 Å². The van der Waals surface area contributed by atoms with Gasteiger partial charge in [-0.2, -0.15) is 0 Å². The number of halogens is 1. The summed E-state index contributed by atoms with van der Waals surface area (Å²) in [5.41, 5.74) is 0.318. The first-order valence-electron chi connectivity index (χ1n) is 10.7. The molecule has 172 valence electrons. The van der Waals surface area contributed by atoms with E-state index in [9.17, 15) is 14.7 Å². The third-order valence-corrected chi connectivity index (χ3v) is 6.06. The van der Waals surface area contributed by atoms with Gasteiger partial charge in [-0.1, -0.05) is 25.4 Å². The van der Waals surface area contributed by atoms with Crippen LogP contribution in [0.1, 0.15) is 43.4 Å². The second kappa shape index (κ2) is 10.2.